The number of nitrogens with one attached hydrogen (secondary N) is 1. The van der Waals surface area contributed by atoms with E-state index >= 15 is 0 Å². The van der Waals surface area contributed by atoms with Gasteiger partial charge in [0.05, 0.1) is 11.6 Å². The molecule has 2 aromatic heterocycles. The standard InChI is InChI=1S/C12H12F3N3S/c1-7-3-5-19-11(7)10(18-16)8-6-17-4-2-9(8)12(13,14)15/h2-6,10,18H,16H2,1H3. The summed E-state index contributed by atoms with van der Waals surface area (Å²) in [5, 5.41) is 1.82. The van der Waals surface area contributed by atoms with Gasteiger partial charge in [-0.15, -0.1) is 11.3 Å². The van der Waals surface area contributed by atoms with Crippen LogP contribution in [-0.2, 0) is 6.18 Å². The van der Waals surface area contributed by atoms with Gasteiger partial charge in [0.1, 0.15) is 0 Å². The van der Waals surface area contributed by atoms with E-state index in [4.69, 9.17) is 5.84 Å². The normalized spacial score (nSPS) is 13.5. The van der Waals surface area contributed by atoms with Crippen LogP contribution in [0.4, 0.5) is 13.2 Å². The zero-order valence-electron chi connectivity index (χ0n) is 10.0. The molecule has 3 N–H and O–H groups in total. The van der Waals surface area contributed by atoms with Crippen LogP contribution in [0.1, 0.15) is 27.6 Å². The molecule has 0 fully saturated rings. The molecule has 0 saturated carbocycles. The van der Waals surface area contributed by atoms with E-state index in [0.29, 0.717) is 0 Å². The predicted octanol–water partition coefficient (Wildman–Crippen LogP) is 3.02. The van der Waals surface area contributed by atoms with Crippen LogP contribution in [0.3, 0.4) is 0 Å². The maximum atomic E-state index is 13.0. The third kappa shape index (κ3) is 2.78. The molecule has 0 bridgehead atoms. The highest BCUT2D eigenvalue weighted by Crippen LogP contribution is 2.37. The lowest BCUT2D eigenvalue weighted by molar-refractivity contribution is -0.138. The molecule has 0 aromatic carbocycles. The van der Waals surface area contributed by atoms with Gasteiger partial charge in [-0.05, 0) is 30.0 Å². The summed E-state index contributed by atoms with van der Waals surface area (Å²) in [6, 6.07) is 2.08. The largest absolute Gasteiger partial charge is 0.416 e. The third-order valence-corrected chi connectivity index (χ3v) is 3.88. The van der Waals surface area contributed by atoms with Gasteiger partial charge >= 0.3 is 6.18 Å². The van der Waals surface area contributed by atoms with Crippen molar-refractivity contribution in [3.63, 3.8) is 0 Å². The Balaban J connectivity index is 2.54. The van der Waals surface area contributed by atoms with Crippen LogP contribution >= 0.6 is 11.3 Å². The first-order valence-electron chi connectivity index (χ1n) is 5.46. The molecule has 2 aromatic rings. The Morgan fingerprint density at radius 2 is 2.11 bits per heavy atom. The molecule has 0 aliphatic carbocycles. The molecule has 7 heteroatoms. The van der Waals surface area contributed by atoms with E-state index in [0.717, 1.165) is 22.7 Å². The van der Waals surface area contributed by atoms with Gasteiger partial charge in [-0.3, -0.25) is 10.8 Å². The number of pyridine rings is 1. The van der Waals surface area contributed by atoms with Crippen LogP contribution in [0.15, 0.2) is 29.9 Å². The van der Waals surface area contributed by atoms with E-state index in [9.17, 15) is 13.2 Å². The number of rotatable bonds is 3. The molecule has 0 aliphatic rings. The van der Waals surface area contributed by atoms with E-state index in [1.165, 1.54) is 17.5 Å². The average Bonchev–Trinajstić information content (AvgIpc) is 2.76. The van der Waals surface area contributed by atoms with E-state index in [2.05, 4.69) is 10.4 Å². The zero-order chi connectivity index (χ0) is 14.0. The van der Waals surface area contributed by atoms with E-state index in [-0.39, 0.29) is 5.56 Å². The molecule has 2 heterocycles. The fourth-order valence-corrected chi connectivity index (χ4v) is 2.89. The van der Waals surface area contributed by atoms with Crippen LogP contribution in [0, 0.1) is 6.92 Å². The smallest absolute Gasteiger partial charge is 0.271 e. The molecular formula is C12H12F3N3S. The number of nitrogens with zero attached hydrogens (tertiary/aromatic N) is 1. The first-order chi connectivity index (χ1) is 8.95. The predicted molar refractivity (Wildman–Crippen MR) is 67.5 cm³/mol. The van der Waals surface area contributed by atoms with Gasteiger partial charge in [0.15, 0.2) is 0 Å². The monoisotopic (exact) mass is 287 g/mol. The number of halogens is 3. The minimum Gasteiger partial charge on any atom is -0.271 e. The maximum Gasteiger partial charge on any atom is 0.416 e. The number of hydrogen-bond donors (Lipinski definition) is 2. The van der Waals surface area contributed by atoms with Gasteiger partial charge in [0.2, 0.25) is 0 Å². The fourth-order valence-electron chi connectivity index (χ4n) is 1.88. The molecule has 0 spiro atoms. The topological polar surface area (TPSA) is 50.9 Å². The Morgan fingerprint density at radius 3 is 2.63 bits per heavy atom. The summed E-state index contributed by atoms with van der Waals surface area (Å²) in [4.78, 5) is 4.53. The maximum absolute atomic E-state index is 13.0. The number of hydrazine groups is 1. The summed E-state index contributed by atoms with van der Waals surface area (Å²) in [5.74, 6) is 5.44. The van der Waals surface area contributed by atoms with Crippen molar-refractivity contribution in [3.8, 4) is 0 Å². The summed E-state index contributed by atoms with van der Waals surface area (Å²) >= 11 is 1.36. The van der Waals surface area contributed by atoms with Gasteiger partial charge < -0.3 is 0 Å². The van der Waals surface area contributed by atoms with Gasteiger partial charge in [-0.1, -0.05) is 0 Å². The minimum absolute atomic E-state index is 0.0306. The molecular weight excluding hydrogens is 275 g/mol. The lowest BCUT2D eigenvalue weighted by Gasteiger charge is -2.20. The second-order valence-corrected chi connectivity index (χ2v) is 4.98. The van der Waals surface area contributed by atoms with Crippen molar-refractivity contribution >= 4 is 11.3 Å². The van der Waals surface area contributed by atoms with Crippen LogP contribution in [0.5, 0.6) is 0 Å². The van der Waals surface area contributed by atoms with Gasteiger partial charge in [-0.2, -0.15) is 13.2 Å². The lowest BCUT2D eigenvalue weighted by Crippen LogP contribution is -2.30. The molecule has 0 amide bonds. The summed E-state index contributed by atoms with van der Waals surface area (Å²) in [5.41, 5.74) is 2.64. The number of nitrogens with two attached hydrogens (primary N) is 1. The first kappa shape index (κ1) is 14.0. The second kappa shape index (κ2) is 5.28. The van der Waals surface area contributed by atoms with Crippen LogP contribution in [0.2, 0.25) is 0 Å². The lowest BCUT2D eigenvalue weighted by atomic mass is 10.00. The van der Waals surface area contributed by atoms with Crippen LogP contribution in [0.25, 0.3) is 0 Å². The summed E-state index contributed by atoms with van der Waals surface area (Å²) in [7, 11) is 0. The van der Waals surface area contributed by atoms with Crippen molar-refractivity contribution in [1.82, 2.24) is 10.4 Å². The van der Waals surface area contributed by atoms with Crippen LogP contribution in [-0.4, -0.2) is 4.98 Å². The minimum atomic E-state index is -4.43. The number of aryl methyl sites for hydroxylation is 1. The van der Waals surface area contributed by atoms with Crippen molar-refractivity contribution in [3.05, 3.63) is 51.5 Å². The molecule has 102 valence electrons. The Morgan fingerprint density at radius 1 is 1.37 bits per heavy atom. The summed E-state index contributed by atoms with van der Waals surface area (Å²) < 4.78 is 39.0. The number of alkyl halides is 3. The van der Waals surface area contributed by atoms with Crippen molar-refractivity contribution in [2.45, 2.75) is 19.1 Å². The molecule has 0 aliphatic heterocycles. The highest BCUT2D eigenvalue weighted by atomic mass is 32.1. The van der Waals surface area contributed by atoms with Gasteiger partial charge in [0.25, 0.3) is 0 Å². The van der Waals surface area contributed by atoms with E-state index in [1.54, 1.807) is 0 Å². The highest BCUT2D eigenvalue weighted by molar-refractivity contribution is 7.10. The van der Waals surface area contributed by atoms with Gasteiger partial charge in [0, 0.05) is 22.8 Å². The first-order valence-corrected chi connectivity index (χ1v) is 6.34. The molecule has 1 atom stereocenters. The molecule has 0 radical (unpaired) electrons. The van der Waals surface area contributed by atoms with Crippen molar-refractivity contribution in [2.24, 2.45) is 5.84 Å². The van der Waals surface area contributed by atoms with E-state index in [1.807, 2.05) is 18.4 Å². The molecule has 0 saturated heterocycles. The Hall–Kier alpha value is -1.44. The Labute approximate surface area is 112 Å². The molecule has 1 unspecified atom stereocenters. The van der Waals surface area contributed by atoms with Crippen LogP contribution < -0.4 is 11.3 Å². The third-order valence-electron chi connectivity index (χ3n) is 2.80. The second-order valence-electron chi connectivity index (χ2n) is 4.03. The quantitative estimate of drug-likeness (QED) is 0.674. The van der Waals surface area contributed by atoms with E-state index < -0.39 is 17.8 Å². The molecule has 3 nitrogen and oxygen atoms in total. The van der Waals surface area contributed by atoms with Crippen molar-refractivity contribution in [2.75, 3.05) is 0 Å². The Bertz CT molecular complexity index is 565. The SMILES string of the molecule is Cc1ccsc1C(NN)c1cnccc1C(F)(F)F. The average molecular weight is 287 g/mol. The zero-order valence-corrected chi connectivity index (χ0v) is 10.8. The Kier molecular flexibility index (Phi) is 3.88. The molecule has 19 heavy (non-hydrogen) atoms. The van der Waals surface area contributed by atoms with Gasteiger partial charge in [-0.25, -0.2) is 5.43 Å². The molecule has 2 rings (SSSR count). The highest BCUT2D eigenvalue weighted by Gasteiger charge is 2.35. The van der Waals surface area contributed by atoms with Crippen molar-refractivity contribution < 1.29 is 13.2 Å². The number of thiophene rings is 1. The summed E-state index contributed by atoms with van der Waals surface area (Å²) in [6.07, 6.45) is -2.10. The summed E-state index contributed by atoms with van der Waals surface area (Å²) in [6.45, 7) is 1.83. The number of hydrogen-bond acceptors (Lipinski definition) is 4. The van der Waals surface area contributed by atoms with Crippen molar-refractivity contribution in [1.29, 1.82) is 0 Å². The number of aromatic nitrogens is 1. The fraction of sp³-hybridized carbons (Fsp3) is 0.250.